The number of nitrogens with zero attached hydrogens (tertiary/aromatic N) is 3. The van der Waals surface area contributed by atoms with Crippen LogP contribution in [0.5, 0.6) is 0 Å². The Morgan fingerprint density at radius 1 is 1.00 bits per heavy atom. The summed E-state index contributed by atoms with van der Waals surface area (Å²) in [6.45, 7) is 3.42. The number of fused-ring (bicyclic) bond motifs is 1. The van der Waals surface area contributed by atoms with E-state index in [4.69, 9.17) is 0 Å². The number of carbonyl (C=O) groups is 1. The molecule has 0 atom stereocenters. The number of thiazole rings is 1. The van der Waals surface area contributed by atoms with Gasteiger partial charge in [0.05, 0.1) is 15.1 Å². The monoisotopic (exact) mass is 431 g/mol. The first-order valence-electron chi connectivity index (χ1n) is 9.23. The Kier molecular flexibility index (Phi) is 5.05. The fourth-order valence-corrected chi connectivity index (χ4v) is 5.96. The molecule has 0 radical (unpaired) electrons. The number of anilines is 1. The molecule has 0 N–H and O–H groups in total. The summed E-state index contributed by atoms with van der Waals surface area (Å²) in [6.07, 6.45) is 0. The molecule has 1 aliphatic rings. The number of carbonyl (C=O) groups excluding carboxylic acids is 1. The molecule has 0 unspecified atom stereocenters. The molecule has 1 aliphatic heterocycles. The van der Waals surface area contributed by atoms with Crippen molar-refractivity contribution < 1.29 is 13.2 Å². The van der Waals surface area contributed by atoms with E-state index < -0.39 is 10.0 Å². The van der Waals surface area contributed by atoms with Gasteiger partial charge in [0.1, 0.15) is 0 Å². The van der Waals surface area contributed by atoms with E-state index in [-0.39, 0.29) is 15.6 Å². The summed E-state index contributed by atoms with van der Waals surface area (Å²) in [5.74, 6) is 0.0212. The van der Waals surface area contributed by atoms with Gasteiger partial charge < -0.3 is 9.47 Å². The summed E-state index contributed by atoms with van der Waals surface area (Å²) in [5, 5.41) is 0. The molecular weight excluding hydrogens is 410 g/mol. The molecule has 0 saturated carbocycles. The largest absolute Gasteiger partial charge is 0.369 e. The number of hydrogen-bond donors (Lipinski definition) is 0. The number of aryl methyl sites for hydroxylation is 1. The molecule has 1 saturated heterocycles. The molecule has 0 amide bonds. The Balaban J connectivity index is 1.51. The average molecular weight is 432 g/mol. The molecule has 1 fully saturated rings. The normalized spacial score (nSPS) is 15.7. The van der Waals surface area contributed by atoms with Crippen molar-refractivity contribution in [3.63, 3.8) is 0 Å². The molecule has 9 heteroatoms. The zero-order valence-electron chi connectivity index (χ0n) is 16.2. The van der Waals surface area contributed by atoms with Gasteiger partial charge in [0.15, 0.2) is 5.78 Å². The van der Waals surface area contributed by atoms with E-state index >= 15 is 0 Å². The van der Waals surface area contributed by atoms with Crippen LogP contribution in [0.3, 0.4) is 0 Å². The van der Waals surface area contributed by atoms with E-state index in [2.05, 4.69) is 4.90 Å². The Morgan fingerprint density at radius 3 is 2.28 bits per heavy atom. The maximum absolute atomic E-state index is 13.1. The maximum Gasteiger partial charge on any atom is 0.307 e. The van der Waals surface area contributed by atoms with Crippen LogP contribution in [-0.4, -0.2) is 49.3 Å². The summed E-state index contributed by atoms with van der Waals surface area (Å²) in [4.78, 5) is 25.5. The van der Waals surface area contributed by atoms with Crippen LogP contribution in [-0.2, 0) is 17.1 Å². The maximum atomic E-state index is 13.1. The standard InChI is InChI=1S/C20H21N3O4S2/c1-14(24)15-3-5-16(6-4-15)22-9-11-23(12-10-22)29(26,27)17-7-8-18-19(13-17)28-20(25)21(18)2/h3-8,13H,9-12H2,1-2H3. The molecule has 0 bridgehead atoms. The number of aromatic nitrogens is 1. The number of benzene rings is 2. The Hall–Kier alpha value is -2.49. The quantitative estimate of drug-likeness (QED) is 0.593. The second-order valence-corrected chi connectivity index (χ2v) is 9.98. The van der Waals surface area contributed by atoms with Gasteiger partial charge in [-0.1, -0.05) is 11.3 Å². The van der Waals surface area contributed by atoms with Crippen molar-refractivity contribution in [3.05, 3.63) is 57.7 Å². The van der Waals surface area contributed by atoms with Gasteiger partial charge in [-0.05, 0) is 49.4 Å². The Morgan fingerprint density at radius 2 is 1.66 bits per heavy atom. The van der Waals surface area contributed by atoms with Gasteiger partial charge in [-0.3, -0.25) is 9.59 Å². The first kappa shape index (κ1) is 19.8. The SMILES string of the molecule is CC(=O)c1ccc(N2CCN(S(=O)(=O)c3ccc4c(c3)sc(=O)n4C)CC2)cc1. The van der Waals surface area contributed by atoms with Gasteiger partial charge in [0, 0.05) is 44.5 Å². The van der Waals surface area contributed by atoms with Crippen molar-refractivity contribution in [2.24, 2.45) is 7.05 Å². The van der Waals surface area contributed by atoms with E-state index in [1.807, 2.05) is 12.1 Å². The van der Waals surface area contributed by atoms with Crippen molar-refractivity contribution in [1.29, 1.82) is 0 Å². The van der Waals surface area contributed by atoms with E-state index in [9.17, 15) is 18.0 Å². The van der Waals surface area contributed by atoms with Crippen LogP contribution in [0, 0.1) is 0 Å². The van der Waals surface area contributed by atoms with Gasteiger partial charge in [-0.15, -0.1) is 0 Å². The third-order valence-electron chi connectivity index (χ3n) is 5.28. The van der Waals surface area contributed by atoms with Crippen LogP contribution >= 0.6 is 11.3 Å². The average Bonchev–Trinajstić information content (AvgIpc) is 3.01. The summed E-state index contributed by atoms with van der Waals surface area (Å²) in [6, 6.07) is 12.2. The second-order valence-electron chi connectivity index (χ2n) is 7.05. The summed E-state index contributed by atoms with van der Waals surface area (Å²) < 4.78 is 29.8. The van der Waals surface area contributed by atoms with Gasteiger partial charge in [0.2, 0.25) is 10.0 Å². The van der Waals surface area contributed by atoms with Crippen molar-refractivity contribution in [2.75, 3.05) is 31.1 Å². The lowest BCUT2D eigenvalue weighted by atomic mass is 10.1. The van der Waals surface area contributed by atoms with Crippen LogP contribution in [0.25, 0.3) is 10.2 Å². The Labute approximate surface area is 172 Å². The van der Waals surface area contributed by atoms with E-state index in [0.29, 0.717) is 36.4 Å². The summed E-state index contributed by atoms with van der Waals surface area (Å²) in [5.41, 5.74) is 2.37. The van der Waals surface area contributed by atoms with Gasteiger partial charge in [0.25, 0.3) is 0 Å². The minimum atomic E-state index is -3.62. The first-order valence-corrected chi connectivity index (χ1v) is 11.5. The van der Waals surface area contributed by atoms with Crippen LogP contribution in [0.2, 0.25) is 0 Å². The third kappa shape index (κ3) is 3.61. The molecule has 0 spiro atoms. The smallest absolute Gasteiger partial charge is 0.307 e. The van der Waals surface area contributed by atoms with Crippen LogP contribution in [0.4, 0.5) is 5.69 Å². The first-order chi connectivity index (χ1) is 13.8. The molecule has 2 heterocycles. The van der Waals surface area contributed by atoms with E-state index in [1.165, 1.54) is 15.8 Å². The number of piperazine rings is 1. The number of Topliss-reactive ketones (excluding diaryl/α,β-unsaturated/α-hetero) is 1. The van der Waals surface area contributed by atoms with Crippen molar-refractivity contribution in [3.8, 4) is 0 Å². The van der Waals surface area contributed by atoms with E-state index in [0.717, 1.165) is 22.5 Å². The molecular formula is C20H21N3O4S2. The van der Waals surface area contributed by atoms with Crippen LogP contribution < -0.4 is 9.77 Å². The minimum Gasteiger partial charge on any atom is -0.369 e. The molecule has 4 rings (SSSR count). The highest BCUT2D eigenvalue weighted by atomic mass is 32.2. The molecule has 29 heavy (non-hydrogen) atoms. The van der Waals surface area contributed by atoms with Crippen LogP contribution in [0.15, 0.2) is 52.2 Å². The highest BCUT2D eigenvalue weighted by Gasteiger charge is 2.29. The number of rotatable bonds is 4. The molecule has 152 valence electrons. The third-order valence-corrected chi connectivity index (χ3v) is 8.17. The van der Waals surface area contributed by atoms with Crippen molar-refractivity contribution >= 4 is 43.0 Å². The zero-order chi connectivity index (χ0) is 20.8. The highest BCUT2D eigenvalue weighted by molar-refractivity contribution is 7.89. The summed E-state index contributed by atoms with van der Waals surface area (Å²) >= 11 is 1.05. The minimum absolute atomic E-state index is 0.0212. The molecule has 0 aliphatic carbocycles. The zero-order valence-corrected chi connectivity index (χ0v) is 17.8. The second kappa shape index (κ2) is 7.40. The van der Waals surface area contributed by atoms with Gasteiger partial charge >= 0.3 is 4.87 Å². The number of hydrogen-bond acceptors (Lipinski definition) is 6. The van der Waals surface area contributed by atoms with E-state index in [1.54, 1.807) is 37.4 Å². The predicted octanol–water partition coefficient (Wildman–Crippen LogP) is 2.31. The summed E-state index contributed by atoms with van der Waals surface area (Å²) in [7, 11) is -1.95. The lowest BCUT2D eigenvalue weighted by molar-refractivity contribution is 0.101. The fourth-order valence-electron chi connectivity index (χ4n) is 3.52. The van der Waals surface area contributed by atoms with Crippen molar-refractivity contribution in [1.82, 2.24) is 8.87 Å². The predicted molar refractivity (Wildman–Crippen MR) is 114 cm³/mol. The topological polar surface area (TPSA) is 79.7 Å². The van der Waals surface area contributed by atoms with Gasteiger partial charge in [-0.2, -0.15) is 4.31 Å². The number of sulfonamides is 1. The highest BCUT2D eigenvalue weighted by Crippen LogP contribution is 2.25. The lowest BCUT2D eigenvalue weighted by Crippen LogP contribution is -2.48. The molecule has 2 aromatic carbocycles. The number of ketones is 1. The molecule has 7 nitrogen and oxygen atoms in total. The van der Waals surface area contributed by atoms with Crippen molar-refractivity contribution in [2.45, 2.75) is 11.8 Å². The molecule has 1 aromatic heterocycles. The molecule has 3 aromatic rings. The fraction of sp³-hybridized carbons (Fsp3) is 0.300. The van der Waals surface area contributed by atoms with Crippen LogP contribution in [0.1, 0.15) is 17.3 Å². The van der Waals surface area contributed by atoms with Gasteiger partial charge in [-0.25, -0.2) is 8.42 Å². The lowest BCUT2D eigenvalue weighted by Gasteiger charge is -2.35. The Bertz CT molecular complexity index is 1230.